The number of hydrogen-bond donors (Lipinski definition) is 1. The zero-order valence-electron chi connectivity index (χ0n) is 7.24. The van der Waals surface area contributed by atoms with E-state index in [-0.39, 0.29) is 0 Å². The molecule has 0 aliphatic carbocycles. The Morgan fingerprint density at radius 2 is 2.54 bits per heavy atom. The van der Waals surface area contributed by atoms with Crippen LogP contribution in [0.5, 0.6) is 0 Å². The Morgan fingerprint density at radius 3 is 3.08 bits per heavy atom. The average Bonchev–Trinajstić information content (AvgIpc) is 2.49. The molecule has 0 saturated carbocycles. The molecule has 4 nitrogen and oxygen atoms in total. The molecule has 1 unspecified atom stereocenters. The molecule has 0 spiro atoms. The van der Waals surface area contributed by atoms with E-state index >= 15 is 0 Å². The molecule has 2 rings (SSSR count). The second-order valence-corrected chi connectivity index (χ2v) is 3.62. The van der Waals surface area contributed by atoms with Gasteiger partial charge in [0.2, 0.25) is 0 Å². The topological polar surface area (TPSA) is 53.1 Å². The molecule has 72 valence electrons. The minimum atomic E-state index is 0.295. The van der Waals surface area contributed by atoms with Crippen LogP contribution < -0.4 is 5.73 Å². The molecule has 1 saturated heterocycles. The van der Waals surface area contributed by atoms with Crippen molar-refractivity contribution in [1.29, 1.82) is 0 Å². The van der Waals surface area contributed by atoms with Crippen LogP contribution in [0.3, 0.4) is 0 Å². The molecule has 1 aromatic rings. The average molecular weight is 202 g/mol. The highest BCUT2D eigenvalue weighted by atomic mass is 35.5. The summed E-state index contributed by atoms with van der Waals surface area (Å²) in [6.07, 6.45) is 3.91. The van der Waals surface area contributed by atoms with E-state index in [1.54, 1.807) is 10.9 Å². The minimum Gasteiger partial charge on any atom is -0.381 e. The van der Waals surface area contributed by atoms with Crippen molar-refractivity contribution in [2.45, 2.75) is 18.9 Å². The third-order valence-electron chi connectivity index (χ3n) is 2.22. The predicted octanol–water partition coefficient (Wildman–Crippen LogP) is 1.47. The van der Waals surface area contributed by atoms with Crippen molar-refractivity contribution >= 4 is 17.4 Å². The van der Waals surface area contributed by atoms with E-state index in [0.29, 0.717) is 23.5 Å². The van der Waals surface area contributed by atoms with Gasteiger partial charge in [-0.25, -0.2) is 0 Å². The van der Waals surface area contributed by atoms with Crippen LogP contribution in [0, 0.1) is 0 Å². The van der Waals surface area contributed by atoms with E-state index in [4.69, 9.17) is 22.1 Å². The van der Waals surface area contributed by atoms with Crippen LogP contribution in [0.2, 0.25) is 5.02 Å². The number of anilines is 1. The largest absolute Gasteiger partial charge is 0.381 e. The maximum absolute atomic E-state index is 5.80. The molecule has 0 bridgehead atoms. The third kappa shape index (κ3) is 1.78. The van der Waals surface area contributed by atoms with Gasteiger partial charge in [-0.05, 0) is 12.8 Å². The summed E-state index contributed by atoms with van der Waals surface area (Å²) in [4.78, 5) is 0. The fourth-order valence-corrected chi connectivity index (χ4v) is 1.64. The highest BCUT2D eigenvalue weighted by Gasteiger charge is 2.17. The van der Waals surface area contributed by atoms with E-state index in [2.05, 4.69) is 5.10 Å². The zero-order valence-corrected chi connectivity index (χ0v) is 8.00. The van der Waals surface area contributed by atoms with Gasteiger partial charge < -0.3 is 10.5 Å². The lowest BCUT2D eigenvalue weighted by Crippen LogP contribution is -2.21. The van der Waals surface area contributed by atoms with Gasteiger partial charge >= 0.3 is 0 Å². The Hall–Kier alpha value is -0.740. The highest BCUT2D eigenvalue weighted by molar-refractivity contribution is 6.32. The van der Waals surface area contributed by atoms with Gasteiger partial charge in [-0.15, -0.1) is 0 Å². The first-order chi connectivity index (χ1) is 6.27. The number of nitrogens with two attached hydrogens (primary N) is 1. The van der Waals surface area contributed by atoms with Gasteiger partial charge in [-0.2, -0.15) is 5.10 Å². The summed E-state index contributed by atoms with van der Waals surface area (Å²) in [7, 11) is 0. The Kier molecular flexibility index (Phi) is 2.42. The quantitative estimate of drug-likeness (QED) is 0.749. The van der Waals surface area contributed by atoms with Crippen molar-refractivity contribution in [3.05, 3.63) is 11.2 Å². The van der Waals surface area contributed by atoms with E-state index in [1.807, 2.05) is 0 Å². The molecule has 2 N–H and O–H groups in total. The molecule has 1 atom stereocenters. The predicted molar refractivity (Wildman–Crippen MR) is 50.7 cm³/mol. The van der Waals surface area contributed by atoms with Gasteiger partial charge in [0, 0.05) is 12.8 Å². The van der Waals surface area contributed by atoms with E-state index in [9.17, 15) is 0 Å². The molecule has 0 amide bonds. The van der Waals surface area contributed by atoms with Gasteiger partial charge in [0.25, 0.3) is 0 Å². The van der Waals surface area contributed by atoms with Crippen molar-refractivity contribution < 1.29 is 4.74 Å². The Bertz CT molecular complexity index is 274. The number of nitrogens with zero attached hydrogens (tertiary/aromatic N) is 2. The molecule has 1 aromatic heterocycles. The number of ether oxygens (including phenoxy) is 1. The van der Waals surface area contributed by atoms with Crippen molar-refractivity contribution in [3.63, 3.8) is 0 Å². The maximum Gasteiger partial charge on any atom is 0.164 e. The maximum atomic E-state index is 5.80. The molecule has 2 heterocycles. The van der Waals surface area contributed by atoms with Gasteiger partial charge in [0.15, 0.2) is 5.82 Å². The van der Waals surface area contributed by atoms with Crippen molar-refractivity contribution in [2.75, 3.05) is 18.9 Å². The van der Waals surface area contributed by atoms with Gasteiger partial charge in [0.1, 0.15) is 5.02 Å². The second-order valence-electron chi connectivity index (χ2n) is 3.21. The lowest BCUT2D eigenvalue weighted by molar-refractivity contribution is 0.0550. The Labute approximate surface area is 81.6 Å². The summed E-state index contributed by atoms with van der Waals surface area (Å²) in [5.74, 6) is 0.396. The molecule has 1 fully saturated rings. The molecule has 0 radical (unpaired) electrons. The standard InChI is InChI=1S/C8H12ClN3O/c9-7-4-12(11-8(7)10)6-2-1-3-13-5-6/h4,6H,1-3,5H2,(H2,10,11). The third-order valence-corrected chi connectivity index (χ3v) is 2.52. The Morgan fingerprint density at radius 1 is 1.69 bits per heavy atom. The van der Waals surface area contributed by atoms with Crippen molar-refractivity contribution in [3.8, 4) is 0 Å². The van der Waals surface area contributed by atoms with Crippen LogP contribution in [0.15, 0.2) is 6.20 Å². The molecule has 5 heteroatoms. The second kappa shape index (κ2) is 3.55. The summed E-state index contributed by atoms with van der Waals surface area (Å²) in [5.41, 5.74) is 5.54. The van der Waals surface area contributed by atoms with Crippen molar-refractivity contribution in [1.82, 2.24) is 9.78 Å². The molecule has 13 heavy (non-hydrogen) atoms. The first-order valence-corrected chi connectivity index (χ1v) is 4.73. The lowest BCUT2D eigenvalue weighted by Gasteiger charge is -2.22. The zero-order chi connectivity index (χ0) is 9.26. The van der Waals surface area contributed by atoms with E-state index in [0.717, 1.165) is 19.4 Å². The van der Waals surface area contributed by atoms with Crippen LogP contribution in [0.25, 0.3) is 0 Å². The van der Waals surface area contributed by atoms with Crippen LogP contribution >= 0.6 is 11.6 Å². The first kappa shape index (κ1) is 8.84. The molecule has 1 aliphatic heterocycles. The van der Waals surface area contributed by atoms with Gasteiger partial charge in [-0.1, -0.05) is 11.6 Å². The normalized spacial score (nSPS) is 23.3. The van der Waals surface area contributed by atoms with E-state index < -0.39 is 0 Å². The monoisotopic (exact) mass is 201 g/mol. The molecule has 1 aliphatic rings. The SMILES string of the molecule is Nc1nn(C2CCCOC2)cc1Cl. The highest BCUT2D eigenvalue weighted by Crippen LogP contribution is 2.23. The van der Waals surface area contributed by atoms with Gasteiger partial charge in [0.05, 0.1) is 12.6 Å². The molecular weight excluding hydrogens is 190 g/mol. The summed E-state index contributed by atoms with van der Waals surface area (Å²) in [5, 5.41) is 4.64. The number of hydrogen-bond acceptors (Lipinski definition) is 3. The fourth-order valence-electron chi connectivity index (χ4n) is 1.50. The van der Waals surface area contributed by atoms with E-state index in [1.165, 1.54) is 0 Å². The number of halogens is 1. The number of nitrogen functional groups attached to an aromatic ring is 1. The number of aromatic nitrogens is 2. The fraction of sp³-hybridized carbons (Fsp3) is 0.625. The van der Waals surface area contributed by atoms with Crippen molar-refractivity contribution in [2.24, 2.45) is 0 Å². The Balaban J connectivity index is 2.14. The summed E-state index contributed by atoms with van der Waals surface area (Å²) in [6, 6.07) is 0.295. The van der Waals surface area contributed by atoms with Crippen LogP contribution in [-0.2, 0) is 4.74 Å². The summed E-state index contributed by atoms with van der Waals surface area (Å²) < 4.78 is 7.14. The molecular formula is C8H12ClN3O. The number of rotatable bonds is 1. The lowest BCUT2D eigenvalue weighted by atomic mass is 10.1. The summed E-state index contributed by atoms with van der Waals surface area (Å²) >= 11 is 5.80. The first-order valence-electron chi connectivity index (χ1n) is 4.35. The van der Waals surface area contributed by atoms with Crippen LogP contribution in [-0.4, -0.2) is 23.0 Å². The minimum absolute atomic E-state index is 0.295. The summed E-state index contributed by atoms with van der Waals surface area (Å²) in [6.45, 7) is 1.55. The van der Waals surface area contributed by atoms with Crippen LogP contribution in [0.1, 0.15) is 18.9 Å². The smallest absolute Gasteiger partial charge is 0.164 e. The van der Waals surface area contributed by atoms with Gasteiger partial charge in [-0.3, -0.25) is 4.68 Å². The molecule has 0 aromatic carbocycles. The van der Waals surface area contributed by atoms with Crippen LogP contribution in [0.4, 0.5) is 5.82 Å².